The number of hydrogen-bond donors (Lipinski definition) is 2. The number of halogens is 2. The van der Waals surface area contributed by atoms with Crippen LogP contribution in [0.5, 0.6) is 5.75 Å². The topological polar surface area (TPSA) is 79.0 Å². The maximum absolute atomic E-state index is 13.9. The summed E-state index contributed by atoms with van der Waals surface area (Å²) in [5.41, 5.74) is 1.31. The van der Waals surface area contributed by atoms with E-state index in [1.807, 2.05) is 4.90 Å². The molecule has 3 heterocycles. The molecule has 1 fully saturated rings. The molecule has 28 heavy (non-hydrogen) atoms. The van der Waals surface area contributed by atoms with E-state index < -0.39 is 12.0 Å². The summed E-state index contributed by atoms with van der Waals surface area (Å²) in [5.74, 6) is 1.42. The van der Waals surface area contributed by atoms with Gasteiger partial charge in [0.25, 0.3) is 0 Å². The van der Waals surface area contributed by atoms with E-state index in [1.54, 1.807) is 30.5 Å². The SMILES string of the molecule is COc1ccc(-c2cc(Nc3ccnc(N4CCC(F)CC4)n3)n[nH]2)cc1F. The van der Waals surface area contributed by atoms with Crippen molar-refractivity contribution in [2.45, 2.75) is 19.0 Å². The molecule has 1 aromatic carbocycles. The van der Waals surface area contributed by atoms with Gasteiger partial charge in [-0.15, -0.1) is 0 Å². The van der Waals surface area contributed by atoms with E-state index in [-0.39, 0.29) is 5.75 Å². The molecule has 0 amide bonds. The van der Waals surface area contributed by atoms with E-state index in [0.29, 0.717) is 54.8 Å². The summed E-state index contributed by atoms with van der Waals surface area (Å²) in [6.45, 7) is 1.19. The van der Waals surface area contributed by atoms with Crippen molar-refractivity contribution in [1.29, 1.82) is 0 Å². The number of H-pyrrole nitrogens is 1. The van der Waals surface area contributed by atoms with Gasteiger partial charge in [-0.3, -0.25) is 5.10 Å². The van der Waals surface area contributed by atoms with Gasteiger partial charge in [0.1, 0.15) is 12.0 Å². The molecule has 0 atom stereocenters. The summed E-state index contributed by atoms with van der Waals surface area (Å²) in [5, 5.41) is 10.2. The van der Waals surface area contributed by atoms with Crippen LogP contribution in [0.15, 0.2) is 36.5 Å². The minimum absolute atomic E-state index is 0.187. The number of aromatic amines is 1. The summed E-state index contributed by atoms with van der Waals surface area (Å²) in [4.78, 5) is 10.7. The second kappa shape index (κ2) is 7.79. The Labute approximate surface area is 160 Å². The Kier molecular flexibility index (Phi) is 5.05. The minimum atomic E-state index is -0.747. The normalized spacial score (nSPS) is 14.9. The lowest BCUT2D eigenvalue weighted by Gasteiger charge is -2.28. The Hall–Kier alpha value is -3.23. The molecule has 3 aromatic rings. The highest BCUT2D eigenvalue weighted by molar-refractivity contribution is 5.66. The third-order valence-corrected chi connectivity index (χ3v) is 4.65. The molecule has 4 rings (SSSR count). The van der Waals surface area contributed by atoms with E-state index in [4.69, 9.17) is 4.74 Å². The molecule has 2 N–H and O–H groups in total. The highest BCUT2D eigenvalue weighted by Crippen LogP contribution is 2.26. The van der Waals surface area contributed by atoms with Crippen molar-refractivity contribution in [3.05, 3.63) is 42.3 Å². The lowest BCUT2D eigenvalue weighted by molar-refractivity contribution is 0.276. The molecule has 0 radical (unpaired) electrons. The zero-order valence-electron chi connectivity index (χ0n) is 15.3. The Morgan fingerprint density at radius 2 is 2.00 bits per heavy atom. The van der Waals surface area contributed by atoms with Crippen LogP contribution < -0.4 is 15.0 Å². The Morgan fingerprint density at radius 1 is 1.18 bits per heavy atom. The van der Waals surface area contributed by atoms with Crippen molar-refractivity contribution in [1.82, 2.24) is 20.2 Å². The van der Waals surface area contributed by atoms with E-state index in [2.05, 4.69) is 25.5 Å². The van der Waals surface area contributed by atoms with Gasteiger partial charge in [-0.25, -0.2) is 13.8 Å². The van der Waals surface area contributed by atoms with Crippen LogP contribution in [-0.4, -0.2) is 46.5 Å². The van der Waals surface area contributed by atoms with Crippen LogP contribution in [0, 0.1) is 5.82 Å². The third-order valence-electron chi connectivity index (χ3n) is 4.65. The fourth-order valence-electron chi connectivity index (χ4n) is 3.12. The van der Waals surface area contributed by atoms with Crippen molar-refractivity contribution >= 4 is 17.6 Å². The zero-order valence-corrected chi connectivity index (χ0v) is 15.3. The first kappa shape index (κ1) is 18.1. The predicted molar refractivity (Wildman–Crippen MR) is 102 cm³/mol. The molecule has 0 spiro atoms. The highest BCUT2D eigenvalue weighted by atomic mass is 19.1. The molecule has 1 saturated heterocycles. The van der Waals surface area contributed by atoms with Gasteiger partial charge in [0, 0.05) is 30.9 Å². The first-order chi connectivity index (χ1) is 13.6. The molecular formula is C19H20F2N6O. The van der Waals surface area contributed by atoms with Gasteiger partial charge in [-0.2, -0.15) is 10.1 Å². The second-order valence-corrected chi connectivity index (χ2v) is 6.54. The van der Waals surface area contributed by atoms with E-state index in [9.17, 15) is 8.78 Å². The number of ether oxygens (including phenoxy) is 1. The van der Waals surface area contributed by atoms with Crippen LogP contribution in [-0.2, 0) is 0 Å². The van der Waals surface area contributed by atoms with Gasteiger partial charge in [0.05, 0.1) is 12.8 Å². The Morgan fingerprint density at radius 3 is 2.75 bits per heavy atom. The monoisotopic (exact) mass is 386 g/mol. The molecule has 1 aliphatic rings. The molecular weight excluding hydrogens is 366 g/mol. The van der Waals surface area contributed by atoms with Gasteiger partial charge >= 0.3 is 0 Å². The third kappa shape index (κ3) is 3.88. The summed E-state index contributed by atoms with van der Waals surface area (Å²) in [7, 11) is 1.42. The number of hydrogen-bond acceptors (Lipinski definition) is 6. The van der Waals surface area contributed by atoms with Gasteiger partial charge < -0.3 is 15.0 Å². The molecule has 146 valence electrons. The number of benzene rings is 1. The quantitative estimate of drug-likeness (QED) is 0.696. The smallest absolute Gasteiger partial charge is 0.227 e. The van der Waals surface area contributed by atoms with E-state index in [1.165, 1.54) is 13.2 Å². The lowest BCUT2D eigenvalue weighted by Crippen LogP contribution is -2.35. The maximum atomic E-state index is 13.9. The number of nitrogens with zero attached hydrogens (tertiary/aromatic N) is 4. The number of nitrogens with one attached hydrogen (secondary N) is 2. The average Bonchev–Trinajstić information content (AvgIpc) is 3.17. The molecule has 2 aromatic heterocycles. The summed E-state index contributed by atoms with van der Waals surface area (Å²) >= 11 is 0. The van der Waals surface area contributed by atoms with Crippen molar-refractivity contribution in [3.8, 4) is 17.0 Å². The summed E-state index contributed by atoms with van der Waals surface area (Å²) in [6, 6.07) is 8.18. The standard InChI is InChI=1S/C19H20F2N6O/c1-28-16-3-2-12(10-14(16)21)15-11-18(26-25-15)23-17-4-7-22-19(24-17)27-8-5-13(20)6-9-27/h2-4,7,10-11,13H,5-6,8-9H2,1H3,(H2,22,23,24,25,26). The highest BCUT2D eigenvalue weighted by Gasteiger charge is 2.20. The van der Waals surface area contributed by atoms with Crippen molar-refractivity contribution in [2.24, 2.45) is 0 Å². The first-order valence-electron chi connectivity index (χ1n) is 9.01. The molecule has 0 bridgehead atoms. The fraction of sp³-hybridized carbons (Fsp3) is 0.316. The average molecular weight is 386 g/mol. The number of methoxy groups -OCH3 is 1. The predicted octanol–water partition coefficient (Wildman–Crippen LogP) is 3.70. The van der Waals surface area contributed by atoms with Gasteiger partial charge in [0.15, 0.2) is 17.4 Å². The van der Waals surface area contributed by atoms with Crippen LogP contribution >= 0.6 is 0 Å². The van der Waals surface area contributed by atoms with Gasteiger partial charge in [-0.05, 0) is 37.1 Å². The number of aromatic nitrogens is 4. The van der Waals surface area contributed by atoms with Crippen LogP contribution in [0.1, 0.15) is 12.8 Å². The number of alkyl halides is 1. The fourth-order valence-corrected chi connectivity index (χ4v) is 3.12. The maximum Gasteiger partial charge on any atom is 0.227 e. The second-order valence-electron chi connectivity index (χ2n) is 6.54. The molecule has 0 saturated carbocycles. The van der Waals surface area contributed by atoms with Crippen LogP contribution in [0.25, 0.3) is 11.3 Å². The molecule has 0 aliphatic carbocycles. The van der Waals surface area contributed by atoms with Gasteiger partial charge in [0.2, 0.25) is 5.95 Å². The van der Waals surface area contributed by atoms with Crippen LogP contribution in [0.2, 0.25) is 0 Å². The summed E-state index contributed by atoms with van der Waals surface area (Å²) < 4.78 is 32.2. The van der Waals surface area contributed by atoms with Crippen molar-refractivity contribution in [2.75, 3.05) is 30.4 Å². The Balaban J connectivity index is 1.48. The molecule has 0 unspecified atom stereocenters. The number of rotatable bonds is 5. The van der Waals surface area contributed by atoms with Crippen molar-refractivity contribution < 1.29 is 13.5 Å². The Bertz CT molecular complexity index is 955. The summed E-state index contributed by atoms with van der Waals surface area (Å²) in [6.07, 6.45) is 1.88. The molecule has 7 nitrogen and oxygen atoms in total. The lowest BCUT2D eigenvalue weighted by atomic mass is 10.1. The molecule has 9 heteroatoms. The van der Waals surface area contributed by atoms with Crippen LogP contribution in [0.4, 0.5) is 26.4 Å². The molecule has 1 aliphatic heterocycles. The van der Waals surface area contributed by atoms with E-state index in [0.717, 1.165) is 0 Å². The first-order valence-corrected chi connectivity index (χ1v) is 9.01. The largest absolute Gasteiger partial charge is 0.494 e. The van der Waals surface area contributed by atoms with Crippen molar-refractivity contribution in [3.63, 3.8) is 0 Å². The number of anilines is 3. The van der Waals surface area contributed by atoms with Gasteiger partial charge in [-0.1, -0.05) is 0 Å². The van der Waals surface area contributed by atoms with E-state index >= 15 is 0 Å². The zero-order chi connectivity index (χ0) is 19.5. The van der Waals surface area contributed by atoms with Crippen LogP contribution in [0.3, 0.4) is 0 Å². The minimum Gasteiger partial charge on any atom is -0.494 e. The number of piperidine rings is 1.